The van der Waals surface area contributed by atoms with Crippen LogP contribution >= 0.6 is 15.9 Å². The molecule has 1 saturated carbocycles. The van der Waals surface area contributed by atoms with Crippen molar-refractivity contribution >= 4 is 21.6 Å². The molecule has 0 radical (unpaired) electrons. The predicted molar refractivity (Wildman–Crippen MR) is 109 cm³/mol. The number of aromatic nitrogens is 3. The maximum atomic E-state index is 13.4. The molecule has 0 atom stereocenters. The molecule has 0 saturated heterocycles. The molecule has 1 aliphatic heterocycles. The first-order chi connectivity index (χ1) is 13.7. The Morgan fingerprint density at radius 3 is 2.71 bits per heavy atom. The van der Waals surface area contributed by atoms with Gasteiger partial charge >= 0.3 is 0 Å². The van der Waals surface area contributed by atoms with Gasteiger partial charge in [0.1, 0.15) is 12.4 Å². The van der Waals surface area contributed by atoms with Gasteiger partial charge in [-0.15, -0.1) is 10.2 Å². The van der Waals surface area contributed by atoms with Crippen LogP contribution in [0.5, 0.6) is 0 Å². The van der Waals surface area contributed by atoms with E-state index in [-0.39, 0.29) is 5.82 Å². The number of halogens is 2. The third-order valence-corrected chi connectivity index (χ3v) is 5.66. The molecule has 5 nitrogen and oxygen atoms in total. The zero-order valence-electron chi connectivity index (χ0n) is 15.2. The number of fused-ring (bicyclic) bond motifs is 3. The van der Waals surface area contributed by atoms with Gasteiger partial charge in [0.2, 0.25) is 0 Å². The molecule has 7 heteroatoms. The summed E-state index contributed by atoms with van der Waals surface area (Å²) in [6.07, 6.45) is 2.63. The number of nitrogens with one attached hydrogen (secondary N) is 1. The van der Waals surface area contributed by atoms with E-state index in [1.807, 2.05) is 12.1 Å². The van der Waals surface area contributed by atoms with E-state index in [0.29, 0.717) is 13.1 Å². The smallest absolute Gasteiger partial charge is 0.159 e. The van der Waals surface area contributed by atoms with Crippen LogP contribution in [0.2, 0.25) is 0 Å². The molecular weight excluding hydrogens is 421 g/mol. The predicted octanol–water partition coefficient (Wildman–Crippen LogP) is 4.02. The number of hydrogen-bond acceptors (Lipinski definition) is 4. The molecule has 5 rings (SSSR count). The highest BCUT2D eigenvalue weighted by atomic mass is 79.9. The lowest BCUT2D eigenvalue weighted by Gasteiger charge is -2.14. The van der Waals surface area contributed by atoms with E-state index >= 15 is 0 Å². The van der Waals surface area contributed by atoms with E-state index in [1.165, 1.54) is 25.0 Å². The molecule has 0 spiro atoms. The molecule has 3 aromatic rings. The molecule has 1 fully saturated rings. The van der Waals surface area contributed by atoms with Crippen LogP contribution in [-0.2, 0) is 13.1 Å². The summed E-state index contributed by atoms with van der Waals surface area (Å²) in [4.78, 5) is 4.80. The SMILES string of the molecule is Fc1ccc(C2=NCc3nnc(CNCC4CC4)n3-c3cc(Br)ccc32)cc1. The Morgan fingerprint density at radius 1 is 1.11 bits per heavy atom. The number of benzene rings is 2. The van der Waals surface area contributed by atoms with Gasteiger partial charge in [0.15, 0.2) is 11.6 Å². The summed E-state index contributed by atoms with van der Waals surface area (Å²) < 4.78 is 16.5. The molecule has 2 aliphatic rings. The van der Waals surface area contributed by atoms with Gasteiger partial charge in [-0.25, -0.2) is 4.39 Å². The van der Waals surface area contributed by atoms with Gasteiger partial charge in [-0.3, -0.25) is 9.56 Å². The summed E-state index contributed by atoms with van der Waals surface area (Å²) in [7, 11) is 0. The van der Waals surface area contributed by atoms with E-state index < -0.39 is 0 Å². The maximum Gasteiger partial charge on any atom is 0.159 e. The Hall–Kier alpha value is -2.38. The van der Waals surface area contributed by atoms with Gasteiger partial charge in [0.05, 0.1) is 17.9 Å². The summed E-state index contributed by atoms with van der Waals surface area (Å²) in [6, 6.07) is 12.6. The fourth-order valence-corrected chi connectivity index (χ4v) is 3.89. The molecule has 28 heavy (non-hydrogen) atoms. The van der Waals surface area contributed by atoms with Crippen molar-refractivity contribution in [1.82, 2.24) is 20.1 Å². The van der Waals surface area contributed by atoms with Crippen molar-refractivity contribution in [3.63, 3.8) is 0 Å². The van der Waals surface area contributed by atoms with Gasteiger partial charge < -0.3 is 5.32 Å². The first-order valence-electron chi connectivity index (χ1n) is 9.43. The summed E-state index contributed by atoms with van der Waals surface area (Å²) >= 11 is 3.59. The van der Waals surface area contributed by atoms with E-state index in [1.54, 1.807) is 12.1 Å². The minimum Gasteiger partial charge on any atom is -0.310 e. The lowest BCUT2D eigenvalue weighted by Crippen LogP contribution is -2.20. The number of nitrogens with zero attached hydrogens (tertiary/aromatic N) is 4. The summed E-state index contributed by atoms with van der Waals surface area (Å²) in [5, 5.41) is 12.3. The van der Waals surface area contributed by atoms with Crippen LogP contribution in [0.1, 0.15) is 35.6 Å². The third kappa shape index (κ3) is 3.40. The van der Waals surface area contributed by atoms with E-state index in [9.17, 15) is 4.39 Å². The molecule has 1 aromatic heterocycles. The topological polar surface area (TPSA) is 55.1 Å². The fraction of sp³-hybridized carbons (Fsp3) is 0.286. The molecule has 2 aromatic carbocycles. The molecule has 0 amide bonds. The minimum absolute atomic E-state index is 0.254. The largest absolute Gasteiger partial charge is 0.310 e. The first-order valence-corrected chi connectivity index (χ1v) is 10.2. The number of aliphatic imine (C=N–C) groups is 1. The molecule has 1 N–H and O–H groups in total. The third-order valence-electron chi connectivity index (χ3n) is 5.16. The quantitative estimate of drug-likeness (QED) is 0.652. The van der Waals surface area contributed by atoms with Crippen molar-refractivity contribution in [2.45, 2.75) is 25.9 Å². The van der Waals surface area contributed by atoms with E-state index in [0.717, 1.165) is 51.1 Å². The standard InChI is InChI=1S/C21H19BrFN5/c22-15-5-8-17-18(9-15)28-19(11-24-10-13-1-2-13)26-27-20(28)12-25-21(17)14-3-6-16(23)7-4-14/h3-9,13,24H,1-2,10-12H2. The summed E-state index contributed by atoms with van der Waals surface area (Å²) in [5.41, 5.74) is 3.69. The summed E-state index contributed by atoms with van der Waals surface area (Å²) in [5.74, 6) is 2.24. The normalized spacial score (nSPS) is 15.6. The Labute approximate surface area is 170 Å². The fourth-order valence-electron chi connectivity index (χ4n) is 3.54. The van der Waals surface area contributed by atoms with Gasteiger partial charge in [-0.05, 0) is 67.8 Å². The molecule has 0 bridgehead atoms. The zero-order valence-corrected chi connectivity index (χ0v) is 16.8. The number of hydrogen-bond donors (Lipinski definition) is 1. The number of rotatable bonds is 5. The monoisotopic (exact) mass is 439 g/mol. The molecule has 142 valence electrons. The van der Waals surface area contributed by atoms with Crippen LogP contribution < -0.4 is 5.32 Å². The van der Waals surface area contributed by atoms with Crippen molar-refractivity contribution in [3.05, 3.63) is 75.5 Å². The zero-order chi connectivity index (χ0) is 19.1. The van der Waals surface area contributed by atoms with Crippen LogP contribution in [0, 0.1) is 11.7 Å². The van der Waals surface area contributed by atoms with Crippen molar-refractivity contribution in [2.75, 3.05) is 6.54 Å². The van der Waals surface area contributed by atoms with Gasteiger partial charge in [-0.2, -0.15) is 0 Å². The average Bonchev–Trinajstić information content (AvgIpc) is 3.45. The van der Waals surface area contributed by atoms with Crippen LogP contribution in [0.15, 0.2) is 51.9 Å². The second-order valence-corrected chi connectivity index (χ2v) is 8.19. The van der Waals surface area contributed by atoms with Crippen molar-refractivity contribution in [2.24, 2.45) is 10.9 Å². The van der Waals surface area contributed by atoms with Crippen molar-refractivity contribution in [3.8, 4) is 5.69 Å². The molecular formula is C21H19BrFN5. The Kier molecular flexibility index (Phi) is 4.56. The van der Waals surface area contributed by atoms with Crippen LogP contribution in [0.25, 0.3) is 5.69 Å². The highest BCUT2D eigenvalue weighted by Gasteiger charge is 2.24. The Morgan fingerprint density at radius 2 is 1.93 bits per heavy atom. The lowest BCUT2D eigenvalue weighted by molar-refractivity contribution is 0.611. The minimum atomic E-state index is -0.254. The lowest BCUT2D eigenvalue weighted by atomic mass is 10.0. The second kappa shape index (κ2) is 7.22. The van der Waals surface area contributed by atoms with Crippen LogP contribution in [0.3, 0.4) is 0 Å². The van der Waals surface area contributed by atoms with Gasteiger partial charge in [-0.1, -0.05) is 15.9 Å². The Balaban J connectivity index is 1.57. The maximum absolute atomic E-state index is 13.4. The van der Waals surface area contributed by atoms with Crippen molar-refractivity contribution in [1.29, 1.82) is 0 Å². The van der Waals surface area contributed by atoms with Crippen LogP contribution in [-0.4, -0.2) is 27.0 Å². The molecule has 0 unspecified atom stereocenters. The highest BCUT2D eigenvalue weighted by Crippen LogP contribution is 2.29. The first kappa shape index (κ1) is 17.7. The van der Waals surface area contributed by atoms with Gasteiger partial charge in [0, 0.05) is 15.6 Å². The van der Waals surface area contributed by atoms with Crippen molar-refractivity contribution < 1.29 is 4.39 Å². The molecule has 1 aliphatic carbocycles. The highest BCUT2D eigenvalue weighted by molar-refractivity contribution is 9.10. The molecule has 2 heterocycles. The van der Waals surface area contributed by atoms with E-state index in [4.69, 9.17) is 4.99 Å². The Bertz CT molecular complexity index is 1050. The second-order valence-electron chi connectivity index (χ2n) is 7.28. The summed E-state index contributed by atoms with van der Waals surface area (Å²) in [6.45, 7) is 2.11. The average molecular weight is 440 g/mol. The van der Waals surface area contributed by atoms with Crippen LogP contribution in [0.4, 0.5) is 4.39 Å². The van der Waals surface area contributed by atoms with E-state index in [2.05, 4.69) is 42.1 Å². The van der Waals surface area contributed by atoms with Gasteiger partial charge in [0.25, 0.3) is 0 Å².